The SMILES string of the molecule is c1ccc(-c2ccc(N(c3ccc(-c4ccc(-c5cccc6c5sc5ccccc56)cc4)cc3)c3ccc4sc5ccccc5c4c3)cc2)cc1. The third-order valence-electron chi connectivity index (χ3n) is 9.91. The lowest BCUT2D eigenvalue weighted by molar-refractivity contribution is 1.29. The molecule has 0 amide bonds. The van der Waals surface area contributed by atoms with Crippen LogP contribution in [0.1, 0.15) is 0 Å². The molecular weight excluding hydrogens is 655 g/mol. The zero-order chi connectivity index (χ0) is 33.7. The van der Waals surface area contributed by atoms with Crippen molar-refractivity contribution in [3.8, 4) is 33.4 Å². The van der Waals surface area contributed by atoms with Gasteiger partial charge in [-0.1, -0.05) is 133 Å². The van der Waals surface area contributed by atoms with Gasteiger partial charge in [0.25, 0.3) is 0 Å². The summed E-state index contributed by atoms with van der Waals surface area (Å²) in [5.74, 6) is 0. The van der Waals surface area contributed by atoms with E-state index < -0.39 is 0 Å². The highest BCUT2D eigenvalue weighted by Gasteiger charge is 2.16. The van der Waals surface area contributed by atoms with Crippen LogP contribution in [-0.4, -0.2) is 0 Å². The van der Waals surface area contributed by atoms with E-state index in [0.29, 0.717) is 0 Å². The molecule has 0 unspecified atom stereocenters. The maximum absolute atomic E-state index is 2.37. The average Bonchev–Trinajstić information content (AvgIpc) is 3.77. The minimum Gasteiger partial charge on any atom is -0.310 e. The van der Waals surface area contributed by atoms with E-state index in [-0.39, 0.29) is 0 Å². The Bertz CT molecular complexity index is 2830. The van der Waals surface area contributed by atoms with Crippen LogP contribution in [0.2, 0.25) is 0 Å². The van der Waals surface area contributed by atoms with E-state index in [0.717, 1.165) is 17.1 Å². The lowest BCUT2D eigenvalue weighted by Crippen LogP contribution is -2.09. The van der Waals surface area contributed by atoms with E-state index in [2.05, 4.69) is 193 Å². The van der Waals surface area contributed by atoms with Crippen LogP contribution in [-0.2, 0) is 0 Å². The fourth-order valence-electron chi connectivity index (χ4n) is 7.35. The summed E-state index contributed by atoms with van der Waals surface area (Å²) in [6, 6.07) is 68.5. The molecule has 0 N–H and O–H groups in total. The topological polar surface area (TPSA) is 3.24 Å². The van der Waals surface area contributed by atoms with Gasteiger partial charge in [0.2, 0.25) is 0 Å². The van der Waals surface area contributed by atoms with Crippen molar-refractivity contribution in [2.75, 3.05) is 4.90 Å². The second-order valence-corrected chi connectivity index (χ2v) is 15.1. The Balaban J connectivity index is 1.01. The van der Waals surface area contributed by atoms with E-state index in [1.165, 1.54) is 73.7 Å². The van der Waals surface area contributed by atoms with Crippen LogP contribution in [0.5, 0.6) is 0 Å². The summed E-state index contributed by atoms with van der Waals surface area (Å²) in [4.78, 5) is 2.37. The van der Waals surface area contributed by atoms with Gasteiger partial charge in [-0.3, -0.25) is 0 Å². The molecule has 51 heavy (non-hydrogen) atoms. The highest BCUT2D eigenvalue weighted by atomic mass is 32.1. The van der Waals surface area contributed by atoms with Crippen molar-refractivity contribution in [3.63, 3.8) is 0 Å². The first-order valence-corrected chi connectivity index (χ1v) is 18.9. The van der Waals surface area contributed by atoms with Crippen molar-refractivity contribution in [1.29, 1.82) is 0 Å². The lowest BCUT2D eigenvalue weighted by atomic mass is 9.99. The third kappa shape index (κ3) is 5.30. The van der Waals surface area contributed by atoms with Gasteiger partial charge in [-0.15, -0.1) is 22.7 Å². The van der Waals surface area contributed by atoms with Crippen molar-refractivity contribution < 1.29 is 0 Å². The largest absolute Gasteiger partial charge is 0.310 e. The molecule has 0 saturated heterocycles. The fraction of sp³-hybridized carbons (Fsp3) is 0. The summed E-state index contributed by atoms with van der Waals surface area (Å²) in [6.45, 7) is 0. The Hall–Kier alpha value is -6.00. The van der Waals surface area contributed by atoms with E-state index in [1.54, 1.807) is 0 Å². The maximum atomic E-state index is 2.37. The van der Waals surface area contributed by atoms with Crippen LogP contribution in [0.4, 0.5) is 17.1 Å². The zero-order valence-corrected chi connectivity index (χ0v) is 29.3. The molecule has 0 fully saturated rings. The highest BCUT2D eigenvalue weighted by molar-refractivity contribution is 7.26. The second kappa shape index (κ2) is 12.4. The lowest BCUT2D eigenvalue weighted by Gasteiger charge is -2.26. The first kappa shape index (κ1) is 29.9. The minimum absolute atomic E-state index is 1.12. The minimum atomic E-state index is 1.12. The van der Waals surface area contributed by atoms with Gasteiger partial charge in [0.1, 0.15) is 0 Å². The molecule has 240 valence electrons. The van der Waals surface area contributed by atoms with Crippen LogP contribution >= 0.6 is 22.7 Å². The summed E-state index contributed by atoms with van der Waals surface area (Å²) >= 11 is 3.74. The quantitative estimate of drug-likeness (QED) is 0.168. The van der Waals surface area contributed by atoms with Crippen molar-refractivity contribution >= 4 is 80.1 Å². The van der Waals surface area contributed by atoms with Gasteiger partial charge >= 0.3 is 0 Å². The molecule has 0 spiro atoms. The monoisotopic (exact) mass is 685 g/mol. The first-order chi connectivity index (χ1) is 25.3. The van der Waals surface area contributed by atoms with Gasteiger partial charge in [-0.25, -0.2) is 0 Å². The average molecular weight is 686 g/mol. The normalized spacial score (nSPS) is 11.5. The van der Waals surface area contributed by atoms with Gasteiger partial charge in [-0.05, 0) is 88.0 Å². The predicted octanol–water partition coefficient (Wildman–Crippen LogP) is 14.9. The van der Waals surface area contributed by atoms with Crippen LogP contribution in [0, 0.1) is 0 Å². The van der Waals surface area contributed by atoms with Crippen LogP contribution in [0.25, 0.3) is 73.7 Å². The number of benzene rings is 8. The molecule has 2 heterocycles. The summed E-state index contributed by atoms with van der Waals surface area (Å²) in [6.07, 6.45) is 0. The Kier molecular flexibility index (Phi) is 7.26. The number of nitrogens with zero attached hydrogens (tertiary/aromatic N) is 1. The number of hydrogen-bond acceptors (Lipinski definition) is 3. The summed E-state index contributed by atoms with van der Waals surface area (Å²) in [5.41, 5.74) is 10.8. The van der Waals surface area contributed by atoms with Crippen LogP contribution in [0.3, 0.4) is 0 Å². The maximum Gasteiger partial charge on any atom is 0.0468 e. The highest BCUT2D eigenvalue weighted by Crippen LogP contribution is 2.43. The van der Waals surface area contributed by atoms with E-state index in [1.807, 2.05) is 22.7 Å². The smallest absolute Gasteiger partial charge is 0.0468 e. The van der Waals surface area contributed by atoms with Gasteiger partial charge < -0.3 is 4.90 Å². The van der Waals surface area contributed by atoms with Crippen molar-refractivity contribution in [2.24, 2.45) is 0 Å². The molecule has 0 radical (unpaired) electrons. The van der Waals surface area contributed by atoms with Gasteiger partial charge in [0.15, 0.2) is 0 Å². The Morgan fingerprint density at radius 1 is 0.294 bits per heavy atom. The van der Waals surface area contributed by atoms with Crippen LogP contribution < -0.4 is 4.90 Å². The molecule has 2 aromatic heterocycles. The van der Waals surface area contributed by atoms with Crippen molar-refractivity contribution in [1.82, 2.24) is 0 Å². The summed E-state index contributed by atoms with van der Waals surface area (Å²) in [5, 5.41) is 5.27. The standard InChI is InChI=1S/C48H31NS2/c1-2-9-32(10-3-1)34-21-25-37(26-22-34)49(39-29-30-47-44(31-39)42-12-5-6-15-45(42)50-47)38-27-23-35(24-28-38)33-17-19-36(20-18-33)40-13-8-14-43-41-11-4-7-16-46(41)51-48(40)43/h1-31H. The molecule has 0 aliphatic heterocycles. The molecule has 0 atom stereocenters. The molecule has 0 saturated carbocycles. The summed E-state index contributed by atoms with van der Waals surface area (Å²) < 4.78 is 5.31. The molecule has 10 rings (SSSR count). The number of hydrogen-bond donors (Lipinski definition) is 0. The Labute approximate surface area is 304 Å². The van der Waals surface area contributed by atoms with Crippen molar-refractivity contribution in [3.05, 3.63) is 188 Å². The number of rotatable bonds is 6. The first-order valence-electron chi connectivity index (χ1n) is 17.2. The molecular formula is C48H31NS2. The molecule has 3 heteroatoms. The zero-order valence-electron chi connectivity index (χ0n) is 27.7. The van der Waals surface area contributed by atoms with Gasteiger partial charge in [-0.2, -0.15) is 0 Å². The van der Waals surface area contributed by atoms with Gasteiger partial charge in [0, 0.05) is 57.4 Å². The number of fused-ring (bicyclic) bond motifs is 6. The van der Waals surface area contributed by atoms with E-state index >= 15 is 0 Å². The van der Waals surface area contributed by atoms with Gasteiger partial charge in [0.05, 0.1) is 0 Å². The molecule has 8 aromatic carbocycles. The number of anilines is 3. The van der Waals surface area contributed by atoms with Crippen LogP contribution in [0.15, 0.2) is 188 Å². The van der Waals surface area contributed by atoms with E-state index in [9.17, 15) is 0 Å². The molecule has 0 aliphatic carbocycles. The molecule has 1 nitrogen and oxygen atoms in total. The summed E-state index contributed by atoms with van der Waals surface area (Å²) in [7, 11) is 0. The van der Waals surface area contributed by atoms with Crippen molar-refractivity contribution in [2.45, 2.75) is 0 Å². The molecule has 0 aliphatic rings. The number of thiophene rings is 2. The Morgan fingerprint density at radius 3 is 1.43 bits per heavy atom. The van der Waals surface area contributed by atoms with E-state index in [4.69, 9.17) is 0 Å². The second-order valence-electron chi connectivity index (χ2n) is 12.9. The fourth-order valence-corrected chi connectivity index (χ4v) is 9.68. The predicted molar refractivity (Wildman–Crippen MR) is 223 cm³/mol. The molecule has 0 bridgehead atoms. The Morgan fingerprint density at radius 2 is 0.765 bits per heavy atom. The third-order valence-corrected chi connectivity index (χ3v) is 12.3. The molecule has 10 aromatic rings.